The number of hydrogen-bond donors (Lipinski definition) is 2. The van der Waals surface area contributed by atoms with Crippen molar-refractivity contribution < 1.29 is 4.74 Å². The Balaban J connectivity index is 0.00000400. The summed E-state index contributed by atoms with van der Waals surface area (Å²) < 4.78 is 5.47. The zero-order chi connectivity index (χ0) is 15.0. The van der Waals surface area contributed by atoms with Crippen LogP contribution < -0.4 is 11.1 Å². The summed E-state index contributed by atoms with van der Waals surface area (Å²) in [6.45, 7) is 9.79. The van der Waals surface area contributed by atoms with E-state index < -0.39 is 0 Å². The lowest BCUT2D eigenvalue weighted by Crippen LogP contribution is -2.23. The van der Waals surface area contributed by atoms with Gasteiger partial charge in [0.1, 0.15) is 0 Å². The number of guanidine groups is 1. The van der Waals surface area contributed by atoms with Crippen LogP contribution in [0.15, 0.2) is 23.2 Å². The first-order chi connectivity index (χ1) is 9.49. The summed E-state index contributed by atoms with van der Waals surface area (Å²) >= 11 is 0. The summed E-state index contributed by atoms with van der Waals surface area (Å²) in [4.78, 5) is 4.32. The van der Waals surface area contributed by atoms with Gasteiger partial charge in [-0.2, -0.15) is 0 Å². The number of unbranched alkanes of at least 4 members (excludes halogenated alkanes) is 1. The number of halogens is 1. The first kappa shape index (κ1) is 20.2. The monoisotopic (exact) mass is 405 g/mol. The third-order valence-electron chi connectivity index (χ3n) is 3.07. The van der Waals surface area contributed by atoms with Crippen molar-refractivity contribution in [2.75, 3.05) is 18.5 Å². The maximum Gasteiger partial charge on any atom is 0.193 e. The van der Waals surface area contributed by atoms with Crippen molar-refractivity contribution >= 4 is 35.6 Å². The van der Waals surface area contributed by atoms with Crippen LogP contribution in [0.4, 0.5) is 5.69 Å². The van der Waals surface area contributed by atoms with E-state index in [9.17, 15) is 0 Å². The van der Waals surface area contributed by atoms with Crippen molar-refractivity contribution in [3.05, 3.63) is 29.3 Å². The molecule has 0 fully saturated rings. The number of hydrogen-bond acceptors (Lipinski definition) is 2. The lowest BCUT2D eigenvalue weighted by atomic mass is 10.1. The van der Waals surface area contributed by atoms with E-state index >= 15 is 0 Å². The van der Waals surface area contributed by atoms with Crippen LogP contribution in [0.25, 0.3) is 0 Å². The molecule has 0 spiro atoms. The molecule has 120 valence electrons. The summed E-state index contributed by atoms with van der Waals surface area (Å²) in [5.74, 6) is 0.470. The van der Waals surface area contributed by atoms with E-state index in [1.807, 2.05) is 19.9 Å². The van der Waals surface area contributed by atoms with Gasteiger partial charge in [0.2, 0.25) is 0 Å². The number of rotatable bonds is 7. The summed E-state index contributed by atoms with van der Waals surface area (Å²) in [7, 11) is 0. The normalized spacial score (nSPS) is 11.4. The van der Waals surface area contributed by atoms with E-state index in [2.05, 4.69) is 36.3 Å². The number of aliphatic imine (C=N–C) groups is 1. The van der Waals surface area contributed by atoms with Gasteiger partial charge in [0, 0.05) is 18.8 Å². The third kappa shape index (κ3) is 8.93. The van der Waals surface area contributed by atoms with Crippen LogP contribution >= 0.6 is 24.0 Å². The molecule has 0 amide bonds. The molecule has 0 radical (unpaired) electrons. The Hall–Kier alpha value is -0.820. The second-order valence-electron chi connectivity index (χ2n) is 5.32. The van der Waals surface area contributed by atoms with Gasteiger partial charge < -0.3 is 15.8 Å². The highest BCUT2D eigenvalue weighted by molar-refractivity contribution is 14.0. The minimum Gasteiger partial charge on any atom is -0.379 e. The van der Waals surface area contributed by atoms with Gasteiger partial charge in [0.15, 0.2) is 5.96 Å². The maximum absolute atomic E-state index is 5.86. The van der Waals surface area contributed by atoms with Crippen LogP contribution in [0, 0.1) is 13.8 Å². The highest BCUT2D eigenvalue weighted by Gasteiger charge is 1.98. The Morgan fingerprint density at radius 3 is 2.57 bits per heavy atom. The predicted octanol–water partition coefficient (Wildman–Crippen LogP) is 3.85. The highest BCUT2D eigenvalue weighted by atomic mass is 127. The average molecular weight is 405 g/mol. The van der Waals surface area contributed by atoms with Crippen LogP contribution in [0.1, 0.15) is 37.8 Å². The molecule has 0 aliphatic carbocycles. The summed E-state index contributed by atoms with van der Waals surface area (Å²) in [6.07, 6.45) is 2.30. The summed E-state index contributed by atoms with van der Waals surface area (Å²) in [5.41, 5.74) is 9.37. The molecule has 1 aromatic rings. The Kier molecular flexibility index (Phi) is 10.4. The maximum atomic E-state index is 5.86. The van der Waals surface area contributed by atoms with E-state index in [4.69, 9.17) is 10.5 Å². The highest BCUT2D eigenvalue weighted by Crippen LogP contribution is 2.13. The molecule has 4 nitrogen and oxygen atoms in total. The van der Waals surface area contributed by atoms with Crippen LogP contribution in [0.2, 0.25) is 0 Å². The molecule has 0 saturated heterocycles. The SMILES string of the molecule is Cc1ccc(NC(N)=NCCCCOC(C)C)cc1C.I. The molecule has 1 rings (SSSR count). The largest absolute Gasteiger partial charge is 0.379 e. The summed E-state index contributed by atoms with van der Waals surface area (Å²) in [5, 5.41) is 3.12. The van der Waals surface area contributed by atoms with Crippen molar-refractivity contribution in [3.8, 4) is 0 Å². The predicted molar refractivity (Wildman–Crippen MR) is 102 cm³/mol. The van der Waals surface area contributed by atoms with E-state index in [-0.39, 0.29) is 24.0 Å². The van der Waals surface area contributed by atoms with Crippen molar-refractivity contribution in [2.24, 2.45) is 10.7 Å². The Labute approximate surface area is 145 Å². The van der Waals surface area contributed by atoms with Crippen LogP contribution in [0.5, 0.6) is 0 Å². The number of nitrogens with one attached hydrogen (secondary N) is 1. The third-order valence-corrected chi connectivity index (χ3v) is 3.07. The molecular formula is C16H28IN3O. The first-order valence-corrected chi connectivity index (χ1v) is 7.25. The van der Waals surface area contributed by atoms with Crippen LogP contribution in [0.3, 0.4) is 0 Å². The number of nitrogens with zero attached hydrogens (tertiary/aromatic N) is 1. The molecule has 0 aromatic heterocycles. The van der Waals surface area contributed by atoms with Gasteiger partial charge in [-0.15, -0.1) is 24.0 Å². The van der Waals surface area contributed by atoms with Crippen molar-refractivity contribution in [3.63, 3.8) is 0 Å². The molecule has 0 saturated carbocycles. The molecule has 1 aromatic carbocycles. The number of ether oxygens (including phenoxy) is 1. The minimum atomic E-state index is 0. The Morgan fingerprint density at radius 2 is 1.95 bits per heavy atom. The van der Waals surface area contributed by atoms with Crippen LogP contribution in [-0.2, 0) is 4.74 Å². The van der Waals surface area contributed by atoms with Crippen molar-refractivity contribution in [1.82, 2.24) is 0 Å². The van der Waals surface area contributed by atoms with Gasteiger partial charge in [-0.25, -0.2) is 0 Å². The standard InChI is InChI=1S/C16H27N3O.HI/c1-12(2)20-10-6-5-9-18-16(17)19-15-8-7-13(3)14(4)11-15;/h7-8,11-12H,5-6,9-10H2,1-4H3,(H3,17,18,19);1H. The fourth-order valence-corrected chi connectivity index (χ4v) is 1.74. The molecule has 5 heteroatoms. The molecule has 0 aliphatic rings. The van der Waals surface area contributed by atoms with Gasteiger partial charge in [-0.3, -0.25) is 4.99 Å². The van der Waals surface area contributed by atoms with Gasteiger partial charge in [0.25, 0.3) is 0 Å². The second-order valence-corrected chi connectivity index (χ2v) is 5.32. The second kappa shape index (κ2) is 10.8. The lowest BCUT2D eigenvalue weighted by molar-refractivity contribution is 0.0764. The quantitative estimate of drug-likeness (QED) is 0.314. The molecule has 0 aliphatic heterocycles. The van der Waals surface area contributed by atoms with Gasteiger partial charge >= 0.3 is 0 Å². The fourth-order valence-electron chi connectivity index (χ4n) is 1.74. The molecule has 0 heterocycles. The number of benzene rings is 1. The number of aryl methyl sites for hydroxylation is 2. The molecular weight excluding hydrogens is 377 g/mol. The Morgan fingerprint density at radius 1 is 1.24 bits per heavy atom. The van der Waals surface area contributed by atoms with Crippen molar-refractivity contribution in [2.45, 2.75) is 46.6 Å². The number of anilines is 1. The lowest BCUT2D eigenvalue weighted by Gasteiger charge is -2.08. The van der Waals surface area contributed by atoms with E-state index in [0.717, 1.165) is 31.7 Å². The molecule has 3 N–H and O–H groups in total. The molecule has 0 atom stereocenters. The topological polar surface area (TPSA) is 59.6 Å². The first-order valence-electron chi connectivity index (χ1n) is 7.25. The van der Waals surface area contributed by atoms with Gasteiger partial charge in [-0.05, 0) is 63.8 Å². The van der Waals surface area contributed by atoms with E-state index in [0.29, 0.717) is 12.1 Å². The molecule has 0 unspecified atom stereocenters. The van der Waals surface area contributed by atoms with Gasteiger partial charge in [-0.1, -0.05) is 6.07 Å². The zero-order valence-corrected chi connectivity index (χ0v) is 15.8. The Bertz CT molecular complexity index is 447. The zero-order valence-electron chi connectivity index (χ0n) is 13.5. The number of nitrogens with two attached hydrogens (primary N) is 1. The minimum absolute atomic E-state index is 0. The van der Waals surface area contributed by atoms with Crippen molar-refractivity contribution in [1.29, 1.82) is 0 Å². The van der Waals surface area contributed by atoms with Gasteiger partial charge in [0.05, 0.1) is 6.10 Å². The smallest absolute Gasteiger partial charge is 0.193 e. The fraction of sp³-hybridized carbons (Fsp3) is 0.562. The molecule has 0 bridgehead atoms. The average Bonchev–Trinajstić information content (AvgIpc) is 2.38. The molecule has 21 heavy (non-hydrogen) atoms. The summed E-state index contributed by atoms with van der Waals surface area (Å²) in [6, 6.07) is 6.17. The van der Waals surface area contributed by atoms with E-state index in [1.165, 1.54) is 11.1 Å². The van der Waals surface area contributed by atoms with E-state index in [1.54, 1.807) is 0 Å². The van der Waals surface area contributed by atoms with Crippen LogP contribution in [-0.4, -0.2) is 25.2 Å².